The second kappa shape index (κ2) is 8.75. The van der Waals surface area contributed by atoms with Gasteiger partial charge in [0.2, 0.25) is 0 Å². The number of rotatable bonds is 7. The van der Waals surface area contributed by atoms with Gasteiger partial charge in [-0.3, -0.25) is 24.5 Å². The van der Waals surface area contributed by atoms with Crippen LogP contribution in [0.1, 0.15) is 39.3 Å². The molecule has 2 rings (SSSR count). The molecule has 1 N–H and O–H groups in total. The molecule has 0 fully saturated rings. The molecule has 0 atom stereocenters. The van der Waals surface area contributed by atoms with Gasteiger partial charge in [-0.1, -0.05) is 29.8 Å². The molecule has 0 radical (unpaired) electrons. The van der Waals surface area contributed by atoms with Gasteiger partial charge in [0.05, 0.1) is 6.42 Å². The first kappa shape index (κ1) is 19.1. The van der Waals surface area contributed by atoms with Gasteiger partial charge in [-0.15, -0.1) is 0 Å². The Hall–Kier alpha value is -3.22. The number of nitrogens with one attached hydrogen (secondary N) is 1. The topological polar surface area (TPSA) is 94.5 Å². The van der Waals surface area contributed by atoms with Crippen LogP contribution in [0.15, 0.2) is 42.6 Å². The van der Waals surface area contributed by atoms with E-state index in [4.69, 9.17) is 4.74 Å². The number of ether oxygens (including phenoxy) is 1. The largest absolute Gasteiger partial charge is 0.456 e. The van der Waals surface area contributed by atoms with Gasteiger partial charge in [0.15, 0.2) is 12.4 Å². The fourth-order valence-corrected chi connectivity index (χ4v) is 2.24. The third kappa shape index (κ3) is 5.41. The normalized spacial score (nSPS) is 10.2. The lowest BCUT2D eigenvalue weighted by Gasteiger charge is -2.06. The Morgan fingerprint density at radius 3 is 2.35 bits per heavy atom. The number of nitrogens with zero attached hydrogens (tertiary/aromatic N) is 1. The summed E-state index contributed by atoms with van der Waals surface area (Å²) >= 11 is 0. The number of carbonyl (C=O) groups is 4. The van der Waals surface area contributed by atoms with Crippen LogP contribution in [0.2, 0.25) is 0 Å². The predicted octanol–water partition coefficient (Wildman–Crippen LogP) is 1.80. The second-order valence-electron chi connectivity index (χ2n) is 5.83. The number of benzene rings is 1. The Kier molecular flexibility index (Phi) is 6.43. The molecular weight excluding hydrogens is 336 g/mol. The van der Waals surface area contributed by atoms with Crippen molar-refractivity contribution in [2.24, 2.45) is 7.05 Å². The van der Waals surface area contributed by atoms with Gasteiger partial charge in [0.25, 0.3) is 11.8 Å². The number of esters is 1. The summed E-state index contributed by atoms with van der Waals surface area (Å²) < 4.78 is 6.36. The lowest BCUT2D eigenvalue weighted by Crippen LogP contribution is -2.35. The van der Waals surface area contributed by atoms with Gasteiger partial charge < -0.3 is 9.30 Å². The summed E-state index contributed by atoms with van der Waals surface area (Å²) in [5.74, 6) is -2.15. The van der Waals surface area contributed by atoms with Gasteiger partial charge in [-0.05, 0) is 19.1 Å². The van der Waals surface area contributed by atoms with Crippen LogP contribution < -0.4 is 5.32 Å². The number of Topliss-reactive ketones (excluding diaryl/α,β-unsaturated/α-hetero) is 1. The number of aryl methyl sites for hydroxylation is 2. The maximum absolute atomic E-state index is 12.0. The molecule has 7 nitrogen and oxygen atoms in total. The maximum Gasteiger partial charge on any atom is 0.306 e. The lowest BCUT2D eigenvalue weighted by molar-refractivity contribution is -0.148. The molecule has 0 aliphatic heterocycles. The van der Waals surface area contributed by atoms with E-state index >= 15 is 0 Å². The van der Waals surface area contributed by atoms with E-state index in [0.29, 0.717) is 11.3 Å². The molecule has 1 heterocycles. The minimum atomic E-state index is -0.727. The van der Waals surface area contributed by atoms with Crippen LogP contribution in [0, 0.1) is 6.92 Å². The van der Waals surface area contributed by atoms with Gasteiger partial charge in [0, 0.05) is 25.2 Å². The first-order valence-electron chi connectivity index (χ1n) is 8.08. The summed E-state index contributed by atoms with van der Waals surface area (Å²) in [5.41, 5.74) is 1.87. The quantitative estimate of drug-likeness (QED) is 0.603. The first-order valence-corrected chi connectivity index (χ1v) is 8.08. The molecule has 0 unspecified atom stereocenters. The average molecular weight is 356 g/mol. The standard InChI is InChI=1S/C19H20N2O5/c1-13-5-7-14(8-6-13)16(22)9-10-18(24)26-12-17(23)20-19(25)15-4-3-11-21(15)2/h3-8,11H,9-10,12H2,1-2H3,(H,20,23,25). The summed E-state index contributed by atoms with van der Waals surface area (Å²) in [5, 5.41) is 2.13. The molecule has 0 bridgehead atoms. The predicted molar refractivity (Wildman–Crippen MR) is 93.6 cm³/mol. The van der Waals surface area contributed by atoms with Crippen LogP contribution >= 0.6 is 0 Å². The highest BCUT2D eigenvalue weighted by atomic mass is 16.5. The number of aromatic nitrogens is 1. The number of amides is 2. The van der Waals surface area contributed by atoms with E-state index in [-0.39, 0.29) is 18.6 Å². The van der Waals surface area contributed by atoms with Gasteiger partial charge in [0.1, 0.15) is 5.69 Å². The van der Waals surface area contributed by atoms with E-state index in [1.54, 1.807) is 42.1 Å². The zero-order chi connectivity index (χ0) is 19.1. The molecule has 7 heteroatoms. The summed E-state index contributed by atoms with van der Waals surface area (Å²) in [6.45, 7) is 1.34. The van der Waals surface area contributed by atoms with Crippen LogP contribution in [-0.4, -0.2) is 34.7 Å². The van der Waals surface area contributed by atoms with Crippen LogP contribution in [0.3, 0.4) is 0 Å². The molecular formula is C19H20N2O5. The van der Waals surface area contributed by atoms with E-state index in [0.717, 1.165) is 5.56 Å². The number of imide groups is 1. The monoisotopic (exact) mass is 356 g/mol. The van der Waals surface area contributed by atoms with Crippen molar-refractivity contribution in [2.75, 3.05) is 6.61 Å². The smallest absolute Gasteiger partial charge is 0.306 e. The Labute approximate surface area is 151 Å². The van der Waals surface area contributed by atoms with Crippen molar-refractivity contribution in [3.05, 3.63) is 59.4 Å². The van der Waals surface area contributed by atoms with Crippen molar-refractivity contribution in [1.29, 1.82) is 0 Å². The van der Waals surface area contributed by atoms with Crippen LogP contribution in [0.25, 0.3) is 0 Å². The Bertz CT molecular complexity index is 821. The summed E-state index contributed by atoms with van der Waals surface area (Å²) in [7, 11) is 1.67. The van der Waals surface area contributed by atoms with E-state index in [9.17, 15) is 19.2 Å². The Balaban J connectivity index is 1.72. The fourth-order valence-electron chi connectivity index (χ4n) is 2.24. The third-order valence-corrected chi connectivity index (χ3v) is 3.72. The van der Waals surface area contributed by atoms with E-state index in [2.05, 4.69) is 5.32 Å². The van der Waals surface area contributed by atoms with Crippen LogP contribution in [0.5, 0.6) is 0 Å². The first-order chi connectivity index (χ1) is 12.4. The van der Waals surface area contributed by atoms with E-state index < -0.39 is 24.4 Å². The molecule has 2 aromatic rings. The summed E-state index contributed by atoms with van der Waals surface area (Å²) in [6, 6.07) is 10.3. The summed E-state index contributed by atoms with van der Waals surface area (Å²) in [4.78, 5) is 47.1. The number of ketones is 1. The molecule has 0 aliphatic rings. The van der Waals surface area contributed by atoms with Gasteiger partial charge in [-0.2, -0.15) is 0 Å². The molecule has 0 aliphatic carbocycles. The minimum absolute atomic E-state index is 0.00814. The van der Waals surface area contributed by atoms with E-state index in [1.165, 1.54) is 0 Å². The van der Waals surface area contributed by atoms with Crippen molar-refractivity contribution >= 4 is 23.6 Å². The highest BCUT2D eigenvalue weighted by Crippen LogP contribution is 2.08. The average Bonchev–Trinajstić information content (AvgIpc) is 3.04. The minimum Gasteiger partial charge on any atom is -0.456 e. The molecule has 1 aromatic carbocycles. The van der Waals surface area contributed by atoms with Crippen LogP contribution in [-0.2, 0) is 21.4 Å². The second-order valence-corrected chi connectivity index (χ2v) is 5.83. The van der Waals surface area contributed by atoms with Crippen molar-refractivity contribution in [1.82, 2.24) is 9.88 Å². The van der Waals surface area contributed by atoms with E-state index in [1.807, 2.05) is 19.1 Å². The highest BCUT2D eigenvalue weighted by Gasteiger charge is 2.15. The number of hydrogen-bond acceptors (Lipinski definition) is 5. The van der Waals surface area contributed by atoms with Crippen molar-refractivity contribution < 1.29 is 23.9 Å². The SMILES string of the molecule is Cc1ccc(C(=O)CCC(=O)OCC(=O)NC(=O)c2cccn2C)cc1. The number of hydrogen-bond donors (Lipinski definition) is 1. The highest BCUT2D eigenvalue weighted by molar-refractivity contribution is 6.04. The van der Waals surface area contributed by atoms with Crippen molar-refractivity contribution in [3.63, 3.8) is 0 Å². The molecule has 136 valence electrons. The molecule has 2 amide bonds. The van der Waals surface area contributed by atoms with Gasteiger partial charge >= 0.3 is 5.97 Å². The van der Waals surface area contributed by atoms with Gasteiger partial charge in [-0.25, -0.2) is 0 Å². The molecule has 0 spiro atoms. The summed E-state index contributed by atoms with van der Waals surface area (Å²) in [6.07, 6.45) is 1.53. The molecule has 0 saturated heterocycles. The third-order valence-electron chi connectivity index (χ3n) is 3.72. The van der Waals surface area contributed by atoms with Crippen molar-refractivity contribution in [3.8, 4) is 0 Å². The fraction of sp³-hybridized carbons (Fsp3) is 0.263. The maximum atomic E-state index is 12.0. The Morgan fingerprint density at radius 2 is 1.73 bits per heavy atom. The van der Waals surface area contributed by atoms with Crippen LogP contribution in [0.4, 0.5) is 0 Å². The lowest BCUT2D eigenvalue weighted by atomic mass is 10.1. The molecule has 1 aromatic heterocycles. The van der Waals surface area contributed by atoms with Crippen molar-refractivity contribution in [2.45, 2.75) is 19.8 Å². The number of carbonyl (C=O) groups excluding carboxylic acids is 4. The Morgan fingerprint density at radius 1 is 1.04 bits per heavy atom. The zero-order valence-electron chi connectivity index (χ0n) is 14.7. The molecule has 0 saturated carbocycles. The molecule has 26 heavy (non-hydrogen) atoms. The zero-order valence-corrected chi connectivity index (χ0v) is 14.7.